The first-order valence-electron chi connectivity index (χ1n) is 6.67. The maximum Gasteiger partial charge on any atom is 0.228 e. The monoisotopic (exact) mass is 387 g/mol. The van der Waals surface area contributed by atoms with Gasteiger partial charge in [-0.15, -0.1) is 0 Å². The summed E-state index contributed by atoms with van der Waals surface area (Å²) in [5.41, 5.74) is 0.912. The number of rotatable bonds is 2. The number of amides is 2. The molecule has 1 aromatic heterocycles. The van der Waals surface area contributed by atoms with Crippen LogP contribution in [0.25, 0.3) is 0 Å². The highest BCUT2D eigenvalue weighted by atomic mass is 127. The topological polar surface area (TPSA) is 62.3 Å². The highest BCUT2D eigenvalue weighted by molar-refractivity contribution is 14.1. The summed E-state index contributed by atoms with van der Waals surface area (Å²) in [4.78, 5) is 29.6. The second kappa shape index (κ2) is 6.51. The number of aryl methyl sites for hydroxylation is 1. The molecular weight excluding hydrogens is 369 g/mol. The number of carbonyl (C=O) groups excluding carboxylic acids is 2. The number of likely N-dealkylation sites (tertiary alicyclic amines) is 1. The first kappa shape index (κ1) is 15.2. The lowest BCUT2D eigenvalue weighted by Crippen LogP contribution is -2.40. The average molecular weight is 387 g/mol. The standard InChI is InChI=1S/C14H18IN3O2/c1-9-12(15)3-4-13(16-9)17-14(20)11-5-7-18(8-6-11)10(2)19/h3-4,11H,5-8H2,1-2H3,(H,16,17,20). The molecule has 1 aliphatic heterocycles. The molecule has 5 nitrogen and oxygen atoms in total. The molecule has 0 unspecified atom stereocenters. The number of halogens is 1. The Labute approximate surface area is 132 Å². The molecule has 6 heteroatoms. The molecule has 0 aromatic carbocycles. The van der Waals surface area contributed by atoms with E-state index in [1.165, 1.54) is 0 Å². The van der Waals surface area contributed by atoms with Gasteiger partial charge in [0.2, 0.25) is 11.8 Å². The molecule has 2 rings (SSSR count). The minimum Gasteiger partial charge on any atom is -0.343 e. The molecule has 2 amide bonds. The van der Waals surface area contributed by atoms with E-state index in [0.29, 0.717) is 18.9 Å². The van der Waals surface area contributed by atoms with E-state index in [1.807, 2.05) is 19.1 Å². The Morgan fingerprint density at radius 1 is 1.35 bits per heavy atom. The second-order valence-corrected chi connectivity index (χ2v) is 6.20. The summed E-state index contributed by atoms with van der Waals surface area (Å²) < 4.78 is 1.08. The summed E-state index contributed by atoms with van der Waals surface area (Å²) in [7, 11) is 0. The van der Waals surface area contributed by atoms with Gasteiger partial charge in [0.05, 0.1) is 5.69 Å². The van der Waals surface area contributed by atoms with Gasteiger partial charge in [0.25, 0.3) is 0 Å². The van der Waals surface area contributed by atoms with E-state index < -0.39 is 0 Å². The molecule has 1 aromatic rings. The third-order valence-corrected chi connectivity index (χ3v) is 4.72. The molecule has 2 heterocycles. The number of hydrogen-bond donors (Lipinski definition) is 1. The lowest BCUT2D eigenvalue weighted by atomic mass is 9.96. The Bertz CT molecular complexity index is 525. The van der Waals surface area contributed by atoms with Crippen LogP contribution in [-0.4, -0.2) is 34.8 Å². The van der Waals surface area contributed by atoms with Crippen LogP contribution in [0.15, 0.2) is 12.1 Å². The SMILES string of the molecule is CC(=O)N1CCC(C(=O)Nc2ccc(I)c(C)n2)CC1. The molecule has 20 heavy (non-hydrogen) atoms. The van der Waals surface area contributed by atoms with Crippen LogP contribution >= 0.6 is 22.6 Å². The number of aromatic nitrogens is 1. The number of carbonyl (C=O) groups is 2. The summed E-state index contributed by atoms with van der Waals surface area (Å²) in [6.07, 6.45) is 1.43. The van der Waals surface area contributed by atoms with Gasteiger partial charge in [-0.25, -0.2) is 4.98 Å². The summed E-state index contributed by atoms with van der Waals surface area (Å²) in [5.74, 6) is 0.647. The van der Waals surface area contributed by atoms with Crippen molar-refractivity contribution in [1.82, 2.24) is 9.88 Å². The number of nitrogens with zero attached hydrogens (tertiary/aromatic N) is 2. The van der Waals surface area contributed by atoms with Crippen LogP contribution in [0.1, 0.15) is 25.5 Å². The molecule has 0 spiro atoms. The minimum absolute atomic E-state index is 0.00121. The van der Waals surface area contributed by atoms with E-state index >= 15 is 0 Å². The van der Waals surface area contributed by atoms with Crippen molar-refractivity contribution in [3.8, 4) is 0 Å². The second-order valence-electron chi connectivity index (χ2n) is 5.03. The van der Waals surface area contributed by atoms with Crippen LogP contribution in [0.4, 0.5) is 5.82 Å². The lowest BCUT2D eigenvalue weighted by Gasteiger charge is -2.30. The van der Waals surface area contributed by atoms with Gasteiger partial charge in [0.1, 0.15) is 5.82 Å². The van der Waals surface area contributed by atoms with Gasteiger partial charge < -0.3 is 10.2 Å². The smallest absolute Gasteiger partial charge is 0.228 e. The van der Waals surface area contributed by atoms with Crippen LogP contribution in [0.5, 0.6) is 0 Å². The Morgan fingerprint density at radius 2 is 2.00 bits per heavy atom. The summed E-state index contributed by atoms with van der Waals surface area (Å²) in [5, 5.41) is 2.87. The Kier molecular flexibility index (Phi) is 4.95. The van der Waals surface area contributed by atoms with Crippen molar-refractivity contribution in [2.45, 2.75) is 26.7 Å². The zero-order chi connectivity index (χ0) is 14.7. The highest BCUT2D eigenvalue weighted by Gasteiger charge is 2.26. The zero-order valence-electron chi connectivity index (χ0n) is 11.6. The van der Waals surface area contributed by atoms with Crippen molar-refractivity contribution >= 4 is 40.2 Å². The fourth-order valence-corrected chi connectivity index (χ4v) is 2.60. The highest BCUT2D eigenvalue weighted by Crippen LogP contribution is 2.20. The predicted octanol–water partition coefficient (Wildman–Crippen LogP) is 2.19. The Hall–Kier alpha value is -1.18. The van der Waals surface area contributed by atoms with Gasteiger partial charge >= 0.3 is 0 Å². The van der Waals surface area contributed by atoms with E-state index in [2.05, 4.69) is 32.9 Å². The van der Waals surface area contributed by atoms with Crippen LogP contribution in [0, 0.1) is 16.4 Å². The minimum atomic E-state index is -0.0352. The fraction of sp³-hybridized carbons (Fsp3) is 0.500. The number of nitrogens with one attached hydrogen (secondary N) is 1. The van der Waals surface area contributed by atoms with E-state index in [1.54, 1.807) is 11.8 Å². The molecule has 108 valence electrons. The molecule has 0 atom stereocenters. The normalized spacial score (nSPS) is 16.1. The predicted molar refractivity (Wildman–Crippen MR) is 85.3 cm³/mol. The van der Waals surface area contributed by atoms with Crippen LogP contribution < -0.4 is 5.32 Å². The van der Waals surface area contributed by atoms with Crippen molar-refractivity contribution in [1.29, 1.82) is 0 Å². The Morgan fingerprint density at radius 3 is 2.55 bits per heavy atom. The van der Waals surface area contributed by atoms with Crippen molar-refractivity contribution in [3.63, 3.8) is 0 Å². The van der Waals surface area contributed by atoms with E-state index in [-0.39, 0.29) is 17.7 Å². The molecule has 0 aliphatic carbocycles. The quantitative estimate of drug-likeness (QED) is 0.792. The molecule has 1 saturated heterocycles. The fourth-order valence-electron chi connectivity index (χ4n) is 2.30. The van der Waals surface area contributed by atoms with E-state index in [4.69, 9.17) is 0 Å². The number of piperidine rings is 1. The van der Waals surface area contributed by atoms with Crippen LogP contribution in [0.3, 0.4) is 0 Å². The van der Waals surface area contributed by atoms with Crippen molar-refractivity contribution in [2.75, 3.05) is 18.4 Å². The van der Waals surface area contributed by atoms with Crippen molar-refractivity contribution in [3.05, 3.63) is 21.4 Å². The van der Waals surface area contributed by atoms with Gasteiger partial charge in [0, 0.05) is 29.5 Å². The first-order chi connectivity index (χ1) is 9.47. The Balaban J connectivity index is 1.92. The van der Waals surface area contributed by atoms with Gasteiger partial charge in [-0.3, -0.25) is 9.59 Å². The number of hydrogen-bond acceptors (Lipinski definition) is 3. The van der Waals surface area contributed by atoms with Gasteiger partial charge in [0.15, 0.2) is 0 Å². The zero-order valence-corrected chi connectivity index (χ0v) is 13.8. The third-order valence-electron chi connectivity index (χ3n) is 3.58. The third kappa shape index (κ3) is 3.68. The molecule has 1 aliphatic rings. The molecule has 1 N–H and O–H groups in total. The molecular formula is C14H18IN3O2. The maximum absolute atomic E-state index is 12.2. The number of anilines is 1. The van der Waals surface area contributed by atoms with Crippen LogP contribution in [-0.2, 0) is 9.59 Å². The number of pyridine rings is 1. The molecule has 0 bridgehead atoms. The van der Waals surface area contributed by atoms with Gasteiger partial charge in [-0.05, 0) is 54.5 Å². The van der Waals surface area contributed by atoms with E-state index in [0.717, 1.165) is 22.1 Å². The molecule has 1 fully saturated rings. The maximum atomic E-state index is 12.2. The lowest BCUT2D eigenvalue weighted by molar-refractivity contribution is -0.132. The molecule has 0 radical (unpaired) electrons. The van der Waals surface area contributed by atoms with Gasteiger partial charge in [-0.2, -0.15) is 0 Å². The summed E-state index contributed by atoms with van der Waals surface area (Å²) in [6, 6.07) is 3.76. The first-order valence-corrected chi connectivity index (χ1v) is 7.75. The van der Waals surface area contributed by atoms with Gasteiger partial charge in [-0.1, -0.05) is 0 Å². The van der Waals surface area contributed by atoms with Crippen molar-refractivity contribution in [2.24, 2.45) is 5.92 Å². The van der Waals surface area contributed by atoms with E-state index in [9.17, 15) is 9.59 Å². The summed E-state index contributed by atoms with van der Waals surface area (Å²) in [6.45, 7) is 4.81. The summed E-state index contributed by atoms with van der Waals surface area (Å²) >= 11 is 2.21. The average Bonchev–Trinajstić information content (AvgIpc) is 2.43. The molecule has 0 saturated carbocycles. The van der Waals surface area contributed by atoms with Crippen molar-refractivity contribution < 1.29 is 9.59 Å². The largest absolute Gasteiger partial charge is 0.343 e. The van der Waals surface area contributed by atoms with Crippen LogP contribution in [0.2, 0.25) is 0 Å².